The van der Waals surface area contributed by atoms with E-state index in [1.54, 1.807) is 0 Å². The van der Waals surface area contributed by atoms with Crippen molar-refractivity contribution in [3.8, 4) is 0 Å². The lowest BCUT2D eigenvalue weighted by molar-refractivity contribution is -0.897. The van der Waals surface area contributed by atoms with Gasteiger partial charge < -0.3 is 9.22 Å². The summed E-state index contributed by atoms with van der Waals surface area (Å²) in [6, 6.07) is 0.249. The van der Waals surface area contributed by atoms with E-state index in [4.69, 9.17) is 4.74 Å². The molecule has 0 unspecified atom stereocenters. The number of amides is 1. The Bertz CT molecular complexity index is 269. The van der Waals surface area contributed by atoms with E-state index >= 15 is 0 Å². The molecule has 94 valence electrons. The van der Waals surface area contributed by atoms with E-state index in [1.807, 2.05) is 25.7 Å². The lowest BCUT2D eigenvalue weighted by Gasteiger charge is -2.43. The van der Waals surface area contributed by atoms with Crippen molar-refractivity contribution in [2.24, 2.45) is 0 Å². The Morgan fingerprint density at radius 2 is 1.94 bits per heavy atom. The highest BCUT2D eigenvalue weighted by Gasteiger charge is 2.35. The number of rotatable bonds is 0. The molecule has 0 radical (unpaired) electrons. The second kappa shape index (κ2) is 4.24. The fourth-order valence-corrected chi connectivity index (χ4v) is 2.10. The minimum Gasteiger partial charge on any atom is -0.444 e. The summed E-state index contributed by atoms with van der Waals surface area (Å²) in [7, 11) is 4.39. The molecule has 0 saturated carbocycles. The molecular weight excluding hydrogens is 204 g/mol. The first-order valence-corrected chi connectivity index (χ1v) is 5.92. The van der Waals surface area contributed by atoms with Crippen LogP contribution in [0.5, 0.6) is 0 Å². The third kappa shape index (κ3) is 3.67. The Morgan fingerprint density at radius 1 is 1.38 bits per heavy atom. The fourth-order valence-electron chi connectivity index (χ4n) is 2.10. The average molecular weight is 229 g/mol. The van der Waals surface area contributed by atoms with Crippen LogP contribution in [0.3, 0.4) is 0 Å². The largest absolute Gasteiger partial charge is 0.444 e. The topological polar surface area (TPSA) is 29.5 Å². The van der Waals surface area contributed by atoms with Gasteiger partial charge in [0.2, 0.25) is 0 Å². The summed E-state index contributed by atoms with van der Waals surface area (Å²) in [5, 5.41) is 0. The highest BCUT2D eigenvalue weighted by atomic mass is 16.6. The smallest absolute Gasteiger partial charge is 0.410 e. The molecular formula is C12H25N2O2+. The molecule has 0 N–H and O–H groups in total. The van der Waals surface area contributed by atoms with Crippen LogP contribution >= 0.6 is 0 Å². The van der Waals surface area contributed by atoms with Crippen molar-refractivity contribution in [2.45, 2.75) is 39.3 Å². The molecule has 1 saturated heterocycles. The summed E-state index contributed by atoms with van der Waals surface area (Å²) in [5.41, 5.74) is -0.404. The minimum absolute atomic E-state index is 0.181. The predicted octanol–water partition coefficient (Wildman–Crippen LogP) is 1.70. The van der Waals surface area contributed by atoms with Crippen LogP contribution < -0.4 is 0 Å². The van der Waals surface area contributed by atoms with Gasteiger partial charge in [0, 0.05) is 0 Å². The Labute approximate surface area is 98.8 Å². The first-order chi connectivity index (χ1) is 7.11. The zero-order valence-electron chi connectivity index (χ0n) is 11.4. The van der Waals surface area contributed by atoms with Gasteiger partial charge in [-0.2, -0.15) is 0 Å². The highest BCUT2D eigenvalue weighted by molar-refractivity contribution is 5.68. The van der Waals surface area contributed by atoms with Crippen molar-refractivity contribution in [3.05, 3.63) is 0 Å². The van der Waals surface area contributed by atoms with Crippen molar-refractivity contribution >= 4 is 6.09 Å². The Morgan fingerprint density at radius 3 is 2.38 bits per heavy atom. The van der Waals surface area contributed by atoms with Gasteiger partial charge in [0.15, 0.2) is 0 Å². The van der Waals surface area contributed by atoms with Crippen molar-refractivity contribution in [3.63, 3.8) is 0 Å². The molecule has 4 nitrogen and oxygen atoms in total. The minimum atomic E-state index is -0.404. The maximum atomic E-state index is 11.9. The van der Waals surface area contributed by atoms with Crippen LogP contribution in [0.15, 0.2) is 0 Å². The number of carbonyl (C=O) groups is 1. The number of carbonyl (C=O) groups excluding carboxylic acids is 1. The van der Waals surface area contributed by atoms with Gasteiger partial charge in [0.1, 0.15) is 5.60 Å². The summed E-state index contributed by atoms with van der Waals surface area (Å²) in [4.78, 5) is 13.8. The van der Waals surface area contributed by atoms with Crippen LogP contribution in [-0.4, -0.2) is 60.8 Å². The van der Waals surface area contributed by atoms with E-state index in [0.717, 1.165) is 24.1 Å². The number of likely N-dealkylation sites (N-methyl/N-ethyl adjacent to an activating group) is 1. The van der Waals surface area contributed by atoms with Crippen molar-refractivity contribution in [2.75, 3.05) is 33.7 Å². The summed E-state index contributed by atoms with van der Waals surface area (Å²) in [5.74, 6) is 0. The molecule has 1 heterocycles. The maximum Gasteiger partial charge on any atom is 0.410 e. The second-order valence-corrected chi connectivity index (χ2v) is 6.36. The Balaban J connectivity index is 2.59. The molecule has 1 aliphatic rings. The molecule has 16 heavy (non-hydrogen) atoms. The van der Waals surface area contributed by atoms with Gasteiger partial charge in [-0.1, -0.05) is 0 Å². The first-order valence-electron chi connectivity index (χ1n) is 5.92. The van der Waals surface area contributed by atoms with Crippen molar-refractivity contribution in [1.29, 1.82) is 0 Å². The Hall–Kier alpha value is -0.770. The molecule has 0 aromatic heterocycles. The zero-order chi connectivity index (χ0) is 12.6. The molecule has 0 aliphatic carbocycles. The number of hydrogen-bond donors (Lipinski definition) is 0. The molecule has 1 rings (SSSR count). The standard InChI is InChI=1S/C12H25N2O2/c1-10-9-14(5,6)8-7-13(10)11(15)16-12(2,3)4/h10H,7-9H2,1-6H3/q+1/t10-/m0/s1. The van der Waals surface area contributed by atoms with Gasteiger partial charge >= 0.3 is 6.09 Å². The summed E-state index contributed by atoms with van der Waals surface area (Å²) in [6.07, 6.45) is -0.181. The summed E-state index contributed by atoms with van der Waals surface area (Å²) in [6.45, 7) is 10.5. The summed E-state index contributed by atoms with van der Waals surface area (Å²) >= 11 is 0. The quantitative estimate of drug-likeness (QED) is 0.592. The zero-order valence-corrected chi connectivity index (χ0v) is 11.4. The number of hydrogen-bond acceptors (Lipinski definition) is 2. The SMILES string of the molecule is C[C@H]1C[N+](C)(C)CCN1C(=O)OC(C)(C)C. The lowest BCUT2D eigenvalue weighted by atomic mass is 10.1. The third-order valence-corrected chi connectivity index (χ3v) is 2.86. The van der Waals surface area contributed by atoms with Crippen LogP contribution in [0.4, 0.5) is 4.79 Å². The maximum absolute atomic E-state index is 11.9. The van der Waals surface area contributed by atoms with Gasteiger partial charge in [-0.05, 0) is 27.7 Å². The Kier molecular flexibility index (Phi) is 3.53. The van der Waals surface area contributed by atoms with Crippen LogP contribution in [0.25, 0.3) is 0 Å². The lowest BCUT2D eigenvalue weighted by Crippen LogP contribution is -2.60. The molecule has 0 spiro atoms. The van der Waals surface area contributed by atoms with E-state index in [2.05, 4.69) is 21.0 Å². The fraction of sp³-hybridized carbons (Fsp3) is 0.917. The molecule has 0 aromatic rings. The number of nitrogens with zero attached hydrogens (tertiary/aromatic N) is 2. The van der Waals surface area contributed by atoms with Crippen molar-refractivity contribution < 1.29 is 14.0 Å². The van der Waals surface area contributed by atoms with Crippen LogP contribution in [0.1, 0.15) is 27.7 Å². The molecule has 1 atom stereocenters. The second-order valence-electron chi connectivity index (χ2n) is 6.36. The van der Waals surface area contributed by atoms with E-state index in [1.165, 1.54) is 0 Å². The molecule has 1 amide bonds. The van der Waals surface area contributed by atoms with Gasteiger partial charge in [-0.25, -0.2) is 4.79 Å². The molecule has 0 bridgehead atoms. The first kappa shape index (κ1) is 13.3. The number of quaternary nitrogens is 1. The van der Waals surface area contributed by atoms with E-state index < -0.39 is 5.60 Å². The van der Waals surface area contributed by atoms with Crippen LogP contribution in [0, 0.1) is 0 Å². The van der Waals surface area contributed by atoms with Crippen LogP contribution in [-0.2, 0) is 4.74 Å². The van der Waals surface area contributed by atoms with Gasteiger partial charge in [0.25, 0.3) is 0 Å². The summed E-state index contributed by atoms with van der Waals surface area (Å²) < 4.78 is 6.37. The van der Waals surface area contributed by atoms with E-state index in [-0.39, 0.29) is 12.1 Å². The molecule has 0 aromatic carbocycles. The van der Waals surface area contributed by atoms with Gasteiger partial charge in [-0.3, -0.25) is 4.90 Å². The average Bonchev–Trinajstić information content (AvgIpc) is 1.97. The van der Waals surface area contributed by atoms with Gasteiger partial charge in [-0.15, -0.1) is 0 Å². The third-order valence-electron chi connectivity index (χ3n) is 2.86. The van der Waals surface area contributed by atoms with Crippen molar-refractivity contribution in [1.82, 2.24) is 4.90 Å². The van der Waals surface area contributed by atoms with Gasteiger partial charge in [0.05, 0.1) is 39.8 Å². The predicted molar refractivity (Wildman–Crippen MR) is 64.2 cm³/mol. The highest BCUT2D eigenvalue weighted by Crippen LogP contribution is 2.17. The van der Waals surface area contributed by atoms with Crippen LogP contribution in [0.2, 0.25) is 0 Å². The van der Waals surface area contributed by atoms with E-state index in [9.17, 15) is 4.79 Å². The van der Waals surface area contributed by atoms with E-state index in [0.29, 0.717) is 0 Å². The molecule has 4 heteroatoms. The normalized spacial score (nSPS) is 25.4. The number of piperazine rings is 1. The molecule has 1 aliphatic heterocycles. The number of ether oxygens (including phenoxy) is 1. The monoisotopic (exact) mass is 229 g/mol. The molecule has 1 fully saturated rings.